The topological polar surface area (TPSA) is 73.6 Å². The van der Waals surface area contributed by atoms with E-state index in [9.17, 15) is 18.0 Å². The van der Waals surface area contributed by atoms with Gasteiger partial charge in [-0.05, 0) is 24.6 Å². The molecule has 110 valence electrons. The highest BCUT2D eigenvalue weighted by Crippen LogP contribution is 2.32. The Kier molecular flexibility index (Phi) is 3.51. The van der Waals surface area contributed by atoms with Gasteiger partial charge in [0.15, 0.2) is 17.0 Å². The van der Waals surface area contributed by atoms with E-state index >= 15 is 0 Å². The third kappa shape index (κ3) is 2.64. The van der Waals surface area contributed by atoms with Crippen LogP contribution in [0.25, 0.3) is 0 Å². The maximum atomic E-state index is 12.6. The summed E-state index contributed by atoms with van der Waals surface area (Å²) in [5, 5.41) is 2.16. The number of nitrogens with one attached hydrogen (secondary N) is 1. The van der Waals surface area contributed by atoms with Gasteiger partial charge in [0.25, 0.3) is 0 Å². The zero-order chi connectivity index (χ0) is 15.0. The molecule has 1 aliphatic rings. The van der Waals surface area contributed by atoms with E-state index in [2.05, 4.69) is 5.32 Å². The molecule has 0 spiro atoms. The Bertz CT molecular complexity index is 529. The average Bonchev–Trinajstić information content (AvgIpc) is 2.81. The van der Waals surface area contributed by atoms with Gasteiger partial charge in [-0.25, -0.2) is 0 Å². The number of fused-ring (bicyclic) bond motifs is 1. The van der Waals surface area contributed by atoms with Crippen LogP contribution in [0.5, 0.6) is 11.5 Å². The van der Waals surface area contributed by atoms with Crippen molar-refractivity contribution >= 4 is 5.91 Å². The van der Waals surface area contributed by atoms with Crippen molar-refractivity contribution < 1.29 is 27.4 Å². The van der Waals surface area contributed by atoms with Crippen molar-refractivity contribution in [1.82, 2.24) is 5.32 Å². The van der Waals surface area contributed by atoms with Gasteiger partial charge < -0.3 is 20.5 Å². The molecule has 8 heteroatoms. The molecule has 2 rings (SSSR count). The maximum absolute atomic E-state index is 12.6. The van der Waals surface area contributed by atoms with Crippen molar-refractivity contribution in [3.8, 4) is 11.5 Å². The van der Waals surface area contributed by atoms with Crippen molar-refractivity contribution in [3.05, 3.63) is 23.8 Å². The van der Waals surface area contributed by atoms with Gasteiger partial charge in [0.1, 0.15) is 0 Å². The Labute approximate surface area is 112 Å². The van der Waals surface area contributed by atoms with Gasteiger partial charge in [0.05, 0.1) is 0 Å². The summed E-state index contributed by atoms with van der Waals surface area (Å²) in [6.45, 7) is 0.639. The highest BCUT2D eigenvalue weighted by Gasteiger charge is 2.53. The molecule has 0 saturated heterocycles. The molecule has 0 saturated carbocycles. The third-order valence-corrected chi connectivity index (χ3v) is 2.95. The van der Waals surface area contributed by atoms with Crippen molar-refractivity contribution in [3.63, 3.8) is 0 Å². The summed E-state index contributed by atoms with van der Waals surface area (Å²) in [6, 6.07) is 4.83. The van der Waals surface area contributed by atoms with Gasteiger partial charge in [0, 0.05) is 6.54 Å². The number of rotatable bonds is 3. The second-order valence-corrected chi connectivity index (χ2v) is 4.57. The summed E-state index contributed by atoms with van der Waals surface area (Å²) in [5.41, 5.74) is 2.67. The first-order valence-corrected chi connectivity index (χ1v) is 5.74. The van der Waals surface area contributed by atoms with E-state index in [1.165, 1.54) is 0 Å². The first-order valence-electron chi connectivity index (χ1n) is 5.74. The van der Waals surface area contributed by atoms with Gasteiger partial charge in [-0.15, -0.1) is 0 Å². The zero-order valence-corrected chi connectivity index (χ0v) is 10.6. The Hall–Kier alpha value is -1.96. The van der Waals surface area contributed by atoms with Crippen molar-refractivity contribution in [2.24, 2.45) is 5.73 Å². The van der Waals surface area contributed by atoms with Crippen molar-refractivity contribution in [1.29, 1.82) is 0 Å². The number of hydrogen-bond acceptors (Lipinski definition) is 4. The molecule has 0 aliphatic carbocycles. The van der Waals surface area contributed by atoms with Crippen LogP contribution in [-0.2, 0) is 11.3 Å². The van der Waals surface area contributed by atoms with Gasteiger partial charge in [-0.3, -0.25) is 4.79 Å². The normalized spacial score (nSPS) is 16.6. The highest BCUT2D eigenvalue weighted by molar-refractivity contribution is 5.86. The van der Waals surface area contributed by atoms with Crippen molar-refractivity contribution in [2.45, 2.75) is 25.2 Å². The van der Waals surface area contributed by atoms with E-state index in [4.69, 9.17) is 15.2 Å². The second-order valence-electron chi connectivity index (χ2n) is 4.57. The van der Waals surface area contributed by atoms with Crippen LogP contribution in [0.1, 0.15) is 12.5 Å². The number of hydrogen-bond donors (Lipinski definition) is 2. The van der Waals surface area contributed by atoms with Crippen molar-refractivity contribution in [2.75, 3.05) is 6.79 Å². The van der Waals surface area contributed by atoms with Gasteiger partial charge in [-0.2, -0.15) is 13.2 Å². The summed E-state index contributed by atoms with van der Waals surface area (Å²) >= 11 is 0. The van der Waals surface area contributed by atoms with Crippen LogP contribution in [0.2, 0.25) is 0 Å². The molecule has 1 aromatic carbocycles. The van der Waals surface area contributed by atoms with E-state index in [1.54, 1.807) is 18.2 Å². The van der Waals surface area contributed by atoms with Gasteiger partial charge in [0.2, 0.25) is 12.7 Å². The smallest absolute Gasteiger partial charge is 0.415 e. The molecule has 1 aromatic rings. The second kappa shape index (κ2) is 4.86. The summed E-state index contributed by atoms with van der Waals surface area (Å²) in [7, 11) is 0. The number of carbonyl (C=O) groups is 1. The fourth-order valence-corrected chi connectivity index (χ4v) is 1.55. The number of ether oxygens (including phenoxy) is 2. The van der Waals surface area contributed by atoms with E-state index < -0.39 is 17.6 Å². The summed E-state index contributed by atoms with van der Waals surface area (Å²) in [5.74, 6) is -0.246. The summed E-state index contributed by atoms with van der Waals surface area (Å²) < 4.78 is 47.9. The molecule has 0 fully saturated rings. The Balaban J connectivity index is 2.01. The Morgan fingerprint density at radius 3 is 2.65 bits per heavy atom. The molecule has 0 radical (unpaired) electrons. The predicted molar refractivity (Wildman–Crippen MR) is 63.1 cm³/mol. The van der Waals surface area contributed by atoms with Crippen LogP contribution in [0.3, 0.4) is 0 Å². The van der Waals surface area contributed by atoms with E-state index in [0.29, 0.717) is 24.0 Å². The lowest BCUT2D eigenvalue weighted by Crippen LogP contribution is -2.61. The fraction of sp³-hybridized carbons (Fsp3) is 0.417. The van der Waals surface area contributed by atoms with Crippen LogP contribution >= 0.6 is 0 Å². The molecule has 1 atom stereocenters. The maximum Gasteiger partial charge on any atom is 0.415 e. The predicted octanol–water partition coefficient (Wildman–Crippen LogP) is 1.31. The Morgan fingerprint density at radius 1 is 1.35 bits per heavy atom. The minimum atomic E-state index is -4.81. The minimum Gasteiger partial charge on any atom is -0.454 e. The van der Waals surface area contributed by atoms with E-state index in [1.807, 2.05) is 0 Å². The molecule has 5 nitrogen and oxygen atoms in total. The first-order chi connectivity index (χ1) is 9.22. The number of benzene rings is 1. The SMILES string of the molecule is CC(N)(C(=O)NCc1ccc2c(c1)OCO2)C(F)(F)F. The van der Waals surface area contributed by atoms with Gasteiger partial charge in [-0.1, -0.05) is 6.07 Å². The van der Waals surface area contributed by atoms with Crippen LogP contribution in [0.15, 0.2) is 18.2 Å². The molecule has 1 aliphatic heterocycles. The van der Waals surface area contributed by atoms with Crippen LogP contribution < -0.4 is 20.5 Å². The minimum absolute atomic E-state index is 0.0850. The number of nitrogens with two attached hydrogens (primary N) is 1. The van der Waals surface area contributed by atoms with Crippen LogP contribution in [0.4, 0.5) is 13.2 Å². The van der Waals surface area contributed by atoms with E-state index in [-0.39, 0.29) is 13.3 Å². The number of carbonyl (C=O) groups excluding carboxylic acids is 1. The monoisotopic (exact) mass is 290 g/mol. The quantitative estimate of drug-likeness (QED) is 0.880. The molecule has 0 aromatic heterocycles. The Morgan fingerprint density at radius 2 is 2.00 bits per heavy atom. The standard InChI is InChI=1S/C12H13F3N2O3/c1-11(16,12(13,14)15)10(18)17-5-7-2-3-8-9(4-7)20-6-19-8/h2-4H,5-6,16H2,1H3,(H,17,18). The molecular weight excluding hydrogens is 277 g/mol. The molecular formula is C12H13F3N2O3. The first kappa shape index (κ1) is 14.4. The summed E-state index contributed by atoms with van der Waals surface area (Å²) in [6.07, 6.45) is -4.81. The molecule has 1 amide bonds. The third-order valence-electron chi connectivity index (χ3n) is 2.95. The molecule has 3 N–H and O–H groups in total. The van der Waals surface area contributed by atoms with Gasteiger partial charge >= 0.3 is 6.18 Å². The number of alkyl halides is 3. The largest absolute Gasteiger partial charge is 0.454 e. The van der Waals surface area contributed by atoms with E-state index in [0.717, 1.165) is 0 Å². The lowest BCUT2D eigenvalue weighted by Gasteiger charge is -2.26. The van der Waals surface area contributed by atoms with Crippen LogP contribution in [0, 0.1) is 0 Å². The molecule has 0 bridgehead atoms. The summed E-state index contributed by atoms with van der Waals surface area (Å²) in [4.78, 5) is 11.5. The molecule has 1 heterocycles. The highest BCUT2D eigenvalue weighted by atomic mass is 19.4. The lowest BCUT2D eigenvalue weighted by molar-refractivity contribution is -0.187. The number of halogens is 3. The zero-order valence-electron chi connectivity index (χ0n) is 10.6. The number of amides is 1. The van der Waals surface area contributed by atoms with Crippen LogP contribution in [-0.4, -0.2) is 24.4 Å². The molecule has 1 unspecified atom stereocenters. The molecule has 20 heavy (non-hydrogen) atoms. The lowest BCUT2D eigenvalue weighted by atomic mass is 10.0. The fourth-order valence-electron chi connectivity index (χ4n) is 1.55. The average molecular weight is 290 g/mol.